The first kappa shape index (κ1) is 21.3. The van der Waals surface area contributed by atoms with E-state index in [9.17, 15) is 0 Å². The summed E-state index contributed by atoms with van der Waals surface area (Å²) in [6.07, 6.45) is 8.25. The van der Waals surface area contributed by atoms with Crippen LogP contribution in [0.1, 0.15) is 87.0 Å². The molecular weight excluding hydrogens is 230 g/mol. The number of nitrogens with zero attached hydrogens (tertiary/aromatic N) is 1. The van der Waals surface area contributed by atoms with Crippen LogP contribution in [0.5, 0.6) is 0 Å². The van der Waals surface area contributed by atoms with Crippen LogP contribution in [0.15, 0.2) is 0 Å². The molecule has 0 aliphatic carbocycles. The van der Waals surface area contributed by atoms with Crippen molar-refractivity contribution in [3.05, 3.63) is 0 Å². The number of quaternary nitrogens is 1. The van der Waals surface area contributed by atoms with Gasteiger partial charge in [-0.2, -0.15) is 0 Å². The molecule has 0 rings (SSSR count). The van der Waals surface area contributed by atoms with E-state index in [-0.39, 0.29) is 0 Å². The van der Waals surface area contributed by atoms with Crippen molar-refractivity contribution in [2.24, 2.45) is 5.92 Å². The smallest absolute Gasteiger partial charge is 0.0786 e. The second-order valence-electron chi connectivity index (χ2n) is 6.62. The maximum absolute atomic E-state index is 2.38. The highest BCUT2D eigenvalue weighted by Crippen LogP contribution is 2.14. The second-order valence-corrected chi connectivity index (χ2v) is 6.62. The molecule has 0 aromatic rings. The van der Waals surface area contributed by atoms with Gasteiger partial charge in [0, 0.05) is 0 Å². The summed E-state index contributed by atoms with van der Waals surface area (Å²) in [6.45, 7) is 21.4. The molecule has 0 saturated heterocycles. The molecule has 0 aromatic carbocycles. The van der Waals surface area contributed by atoms with Gasteiger partial charge in [-0.15, -0.1) is 0 Å². The third-order valence-corrected chi connectivity index (χ3v) is 3.63. The Morgan fingerprint density at radius 2 is 0.895 bits per heavy atom. The fourth-order valence-corrected chi connectivity index (χ4v) is 2.29. The highest BCUT2D eigenvalue weighted by atomic mass is 15.3. The highest BCUT2D eigenvalue weighted by molar-refractivity contribution is 4.46. The van der Waals surface area contributed by atoms with Crippen molar-refractivity contribution in [1.82, 2.24) is 0 Å². The van der Waals surface area contributed by atoms with Gasteiger partial charge in [0.25, 0.3) is 0 Å². The van der Waals surface area contributed by atoms with Gasteiger partial charge in [0.1, 0.15) is 0 Å². The first-order chi connectivity index (χ1) is 8.97. The molecule has 0 radical (unpaired) electrons. The molecule has 0 aliphatic heterocycles. The Hall–Kier alpha value is -0.0400. The van der Waals surface area contributed by atoms with Crippen LogP contribution in [0, 0.1) is 5.92 Å². The lowest BCUT2D eigenvalue weighted by Gasteiger charge is -2.38. The maximum atomic E-state index is 2.38. The lowest BCUT2D eigenvalue weighted by atomic mass is 10.1. The molecule has 0 aliphatic rings. The van der Waals surface area contributed by atoms with Gasteiger partial charge in [0.05, 0.1) is 26.2 Å². The number of rotatable bonds is 10. The van der Waals surface area contributed by atoms with Crippen molar-refractivity contribution < 1.29 is 4.48 Å². The number of unbranched alkanes of at least 4 members (excludes halogenated alkanes) is 3. The van der Waals surface area contributed by atoms with Crippen LogP contribution in [0.25, 0.3) is 0 Å². The lowest BCUT2D eigenvalue weighted by molar-refractivity contribution is -0.927. The number of hydrogen-bond donors (Lipinski definition) is 0. The van der Waals surface area contributed by atoms with Crippen molar-refractivity contribution in [3.8, 4) is 0 Å². The molecule has 0 spiro atoms. The van der Waals surface area contributed by atoms with Crippen LogP contribution in [0.2, 0.25) is 0 Å². The Kier molecular flexibility index (Phi) is 16.1. The quantitative estimate of drug-likeness (QED) is 0.435. The van der Waals surface area contributed by atoms with Gasteiger partial charge < -0.3 is 4.48 Å². The van der Waals surface area contributed by atoms with Crippen molar-refractivity contribution >= 4 is 0 Å². The van der Waals surface area contributed by atoms with Crippen molar-refractivity contribution in [3.63, 3.8) is 0 Å². The Balaban J connectivity index is 0. The first-order valence-corrected chi connectivity index (χ1v) is 8.83. The zero-order chi connectivity index (χ0) is 15.1. The molecule has 1 heteroatoms. The van der Waals surface area contributed by atoms with E-state index in [0.29, 0.717) is 0 Å². The molecule has 0 N–H and O–H groups in total. The monoisotopic (exact) mass is 272 g/mol. The molecule has 0 bridgehead atoms. The van der Waals surface area contributed by atoms with Gasteiger partial charge in [-0.3, -0.25) is 0 Å². The van der Waals surface area contributed by atoms with Gasteiger partial charge in [0.15, 0.2) is 0 Å². The van der Waals surface area contributed by atoms with Crippen molar-refractivity contribution in [2.45, 2.75) is 87.0 Å². The fraction of sp³-hybridized carbons (Fsp3) is 1.00. The molecule has 0 saturated carbocycles. The molecule has 118 valence electrons. The lowest BCUT2D eigenvalue weighted by Crippen LogP contribution is -2.49. The van der Waals surface area contributed by atoms with E-state index in [1.165, 1.54) is 69.2 Å². The van der Waals surface area contributed by atoms with Crippen LogP contribution in [0.3, 0.4) is 0 Å². The van der Waals surface area contributed by atoms with Gasteiger partial charge in [-0.25, -0.2) is 0 Å². The molecule has 1 nitrogen and oxygen atoms in total. The molecule has 0 atom stereocenters. The topological polar surface area (TPSA) is 0 Å². The Labute approximate surface area is 124 Å². The molecule has 0 amide bonds. The first-order valence-electron chi connectivity index (χ1n) is 8.83. The van der Waals surface area contributed by atoms with Gasteiger partial charge in [-0.05, 0) is 32.1 Å². The van der Waals surface area contributed by atoms with Crippen LogP contribution in [-0.4, -0.2) is 30.7 Å². The van der Waals surface area contributed by atoms with Gasteiger partial charge >= 0.3 is 0 Å². The van der Waals surface area contributed by atoms with E-state index in [2.05, 4.69) is 48.5 Å². The summed E-state index contributed by atoms with van der Waals surface area (Å²) in [6, 6.07) is 0. The summed E-state index contributed by atoms with van der Waals surface area (Å²) in [5.41, 5.74) is 0. The zero-order valence-electron chi connectivity index (χ0n) is 15.1. The Morgan fingerprint density at radius 1 is 0.632 bits per heavy atom. The molecule has 19 heavy (non-hydrogen) atoms. The Bertz CT molecular complexity index is 139. The number of hydrogen-bond acceptors (Lipinski definition) is 0. The minimum absolute atomic E-state index is 0.833. The molecule has 0 heterocycles. The van der Waals surface area contributed by atoms with Crippen LogP contribution >= 0.6 is 0 Å². The van der Waals surface area contributed by atoms with Crippen LogP contribution in [-0.2, 0) is 0 Å². The van der Waals surface area contributed by atoms with Crippen molar-refractivity contribution in [2.75, 3.05) is 26.2 Å². The minimum atomic E-state index is 0.833. The van der Waals surface area contributed by atoms with E-state index in [1.54, 1.807) is 0 Å². The summed E-state index contributed by atoms with van der Waals surface area (Å²) < 4.78 is 1.38. The minimum Gasteiger partial charge on any atom is -0.324 e. The molecule has 0 fully saturated rings. The predicted octanol–water partition coefficient (Wildman–Crippen LogP) is 5.89. The van der Waals surface area contributed by atoms with E-state index in [0.717, 1.165) is 5.92 Å². The second kappa shape index (κ2) is 14.4. The standard InChI is InChI=1S/C14H32N.C4H10/c1-5-9-12-15(8-4,13-10-6-2)14-11-7-3;1-4(2)3/h5-14H2,1-4H3;4H,1-3H3/q+1;. The van der Waals surface area contributed by atoms with Gasteiger partial charge in [0.2, 0.25) is 0 Å². The summed E-state index contributed by atoms with van der Waals surface area (Å²) >= 11 is 0. The van der Waals surface area contributed by atoms with Crippen LogP contribution in [0.4, 0.5) is 0 Å². The zero-order valence-corrected chi connectivity index (χ0v) is 15.1. The van der Waals surface area contributed by atoms with E-state index < -0.39 is 0 Å². The Morgan fingerprint density at radius 3 is 1.05 bits per heavy atom. The van der Waals surface area contributed by atoms with Crippen LogP contribution < -0.4 is 0 Å². The summed E-state index contributed by atoms with van der Waals surface area (Å²) in [4.78, 5) is 0. The average molecular weight is 273 g/mol. The highest BCUT2D eigenvalue weighted by Gasteiger charge is 2.22. The summed E-state index contributed by atoms with van der Waals surface area (Å²) in [7, 11) is 0. The average Bonchev–Trinajstić information content (AvgIpc) is 2.38. The molecular formula is C18H42N+. The van der Waals surface area contributed by atoms with Gasteiger partial charge in [-0.1, -0.05) is 60.8 Å². The SMILES string of the molecule is CC(C)C.CCCC[N+](CC)(CCCC)CCCC. The van der Waals surface area contributed by atoms with E-state index in [4.69, 9.17) is 0 Å². The normalized spacial score (nSPS) is 11.4. The fourth-order valence-electron chi connectivity index (χ4n) is 2.29. The summed E-state index contributed by atoms with van der Waals surface area (Å²) in [5, 5.41) is 0. The summed E-state index contributed by atoms with van der Waals surface area (Å²) in [5.74, 6) is 0.833. The van der Waals surface area contributed by atoms with E-state index >= 15 is 0 Å². The predicted molar refractivity (Wildman–Crippen MR) is 90.6 cm³/mol. The molecule has 0 unspecified atom stereocenters. The maximum Gasteiger partial charge on any atom is 0.0786 e. The molecule has 0 aromatic heterocycles. The third kappa shape index (κ3) is 14.2. The van der Waals surface area contributed by atoms with Crippen molar-refractivity contribution in [1.29, 1.82) is 0 Å². The largest absolute Gasteiger partial charge is 0.324 e. The van der Waals surface area contributed by atoms with E-state index in [1.807, 2.05) is 0 Å². The third-order valence-electron chi connectivity index (χ3n) is 3.63.